The Bertz CT molecular complexity index is 397. The van der Waals surface area contributed by atoms with E-state index in [1.54, 1.807) is 0 Å². The van der Waals surface area contributed by atoms with Crippen molar-refractivity contribution >= 4 is 0 Å². The first-order valence-electron chi connectivity index (χ1n) is 7.46. The van der Waals surface area contributed by atoms with E-state index in [4.69, 9.17) is 0 Å². The molecule has 0 aromatic carbocycles. The van der Waals surface area contributed by atoms with Gasteiger partial charge in [0.1, 0.15) is 0 Å². The average molecular weight is 264 g/mol. The second kappa shape index (κ2) is 6.06. The van der Waals surface area contributed by atoms with Crippen LogP contribution in [0.2, 0.25) is 0 Å². The number of hydrogen-bond donors (Lipinski definition) is 1. The van der Waals surface area contributed by atoms with Crippen molar-refractivity contribution in [2.75, 3.05) is 20.1 Å². The van der Waals surface area contributed by atoms with Crippen LogP contribution < -0.4 is 5.32 Å². The van der Waals surface area contributed by atoms with Crippen LogP contribution in [-0.4, -0.2) is 40.6 Å². The van der Waals surface area contributed by atoms with Gasteiger partial charge in [-0.3, -0.25) is 4.90 Å². The minimum atomic E-state index is 0.477. The molecule has 19 heavy (non-hydrogen) atoms. The summed E-state index contributed by atoms with van der Waals surface area (Å²) in [5.74, 6) is 0.682. The molecule has 1 aromatic rings. The first-order valence-corrected chi connectivity index (χ1v) is 7.46. The third kappa shape index (κ3) is 3.18. The molecule has 1 N–H and O–H groups in total. The maximum Gasteiger partial charge on any atom is 0.0951 e. The van der Waals surface area contributed by atoms with Gasteiger partial charge in [0.05, 0.1) is 18.1 Å². The predicted octanol–water partition coefficient (Wildman–Crippen LogP) is 2.45. The first kappa shape index (κ1) is 14.5. The number of imidazole rings is 1. The zero-order valence-corrected chi connectivity index (χ0v) is 12.9. The molecule has 2 unspecified atom stereocenters. The first-order chi connectivity index (χ1) is 9.00. The molecule has 108 valence electrons. The second-order valence-corrected chi connectivity index (χ2v) is 6.36. The van der Waals surface area contributed by atoms with E-state index < -0.39 is 0 Å². The van der Waals surface area contributed by atoms with Crippen LogP contribution in [0.4, 0.5) is 0 Å². The fourth-order valence-corrected chi connectivity index (χ4v) is 3.07. The van der Waals surface area contributed by atoms with Crippen molar-refractivity contribution in [3.05, 3.63) is 18.2 Å². The summed E-state index contributed by atoms with van der Waals surface area (Å²) in [7, 11) is 2.23. The van der Waals surface area contributed by atoms with E-state index in [0.717, 1.165) is 6.54 Å². The van der Waals surface area contributed by atoms with Gasteiger partial charge in [-0.05, 0) is 39.8 Å². The van der Waals surface area contributed by atoms with E-state index in [9.17, 15) is 0 Å². The van der Waals surface area contributed by atoms with Gasteiger partial charge in [0, 0.05) is 24.8 Å². The van der Waals surface area contributed by atoms with Gasteiger partial charge in [0.2, 0.25) is 0 Å². The van der Waals surface area contributed by atoms with Crippen LogP contribution in [0.25, 0.3) is 0 Å². The van der Waals surface area contributed by atoms with Gasteiger partial charge < -0.3 is 9.88 Å². The largest absolute Gasteiger partial charge is 0.331 e. The van der Waals surface area contributed by atoms with Gasteiger partial charge in [-0.15, -0.1) is 0 Å². The molecule has 0 bridgehead atoms. The quantitative estimate of drug-likeness (QED) is 0.887. The van der Waals surface area contributed by atoms with E-state index in [1.807, 2.05) is 6.33 Å². The maximum absolute atomic E-state index is 4.37. The number of likely N-dealkylation sites (tertiary alicyclic amines) is 1. The van der Waals surface area contributed by atoms with Crippen molar-refractivity contribution in [1.29, 1.82) is 0 Å². The molecule has 0 saturated carbocycles. The van der Waals surface area contributed by atoms with Gasteiger partial charge in [-0.2, -0.15) is 0 Å². The van der Waals surface area contributed by atoms with Crippen molar-refractivity contribution < 1.29 is 0 Å². The van der Waals surface area contributed by atoms with Crippen LogP contribution in [0.15, 0.2) is 12.5 Å². The highest BCUT2D eigenvalue weighted by atomic mass is 15.2. The summed E-state index contributed by atoms with van der Waals surface area (Å²) in [4.78, 5) is 6.84. The van der Waals surface area contributed by atoms with E-state index >= 15 is 0 Å². The fraction of sp³-hybridized carbons (Fsp3) is 0.800. The molecular weight excluding hydrogens is 236 g/mol. The number of hydrogen-bond acceptors (Lipinski definition) is 3. The molecule has 0 spiro atoms. The third-order valence-electron chi connectivity index (χ3n) is 4.12. The maximum atomic E-state index is 4.37. The Hall–Kier alpha value is -0.870. The monoisotopic (exact) mass is 264 g/mol. The van der Waals surface area contributed by atoms with Crippen molar-refractivity contribution in [3.8, 4) is 0 Å². The molecule has 4 heteroatoms. The van der Waals surface area contributed by atoms with Crippen LogP contribution in [0.1, 0.15) is 51.9 Å². The molecule has 4 nitrogen and oxygen atoms in total. The number of aromatic nitrogens is 2. The lowest BCUT2D eigenvalue weighted by molar-refractivity contribution is 0.255. The lowest BCUT2D eigenvalue weighted by Gasteiger charge is -2.28. The molecule has 2 atom stereocenters. The smallest absolute Gasteiger partial charge is 0.0951 e. The van der Waals surface area contributed by atoms with Crippen molar-refractivity contribution in [2.24, 2.45) is 5.92 Å². The molecule has 1 aliphatic rings. The Labute approximate surface area is 117 Å². The van der Waals surface area contributed by atoms with Gasteiger partial charge >= 0.3 is 0 Å². The molecule has 0 amide bonds. The molecule has 0 aliphatic carbocycles. The molecule has 0 radical (unpaired) electrons. The van der Waals surface area contributed by atoms with Gasteiger partial charge in [-0.25, -0.2) is 4.98 Å². The molecule has 1 saturated heterocycles. The van der Waals surface area contributed by atoms with Crippen molar-refractivity contribution in [3.63, 3.8) is 0 Å². The fourth-order valence-electron chi connectivity index (χ4n) is 3.07. The lowest BCUT2D eigenvalue weighted by atomic mass is 9.97. The van der Waals surface area contributed by atoms with E-state index in [-0.39, 0.29) is 0 Å². The minimum absolute atomic E-state index is 0.477. The van der Waals surface area contributed by atoms with Crippen molar-refractivity contribution in [1.82, 2.24) is 19.8 Å². The Morgan fingerprint density at radius 2 is 2.11 bits per heavy atom. The summed E-state index contributed by atoms with van der Waals surface area (Å²) in [6, 6.07) is 1.53. The molecule has 1 aromatic heterocycles. The van der Waals surface area contributed by atoms with Crippen LogP contribution in [0, 0.1) is 5.92 Å². The van der Waals surface area contributed by atoms with Gasteiger partial charge in [-0.1, -0.05) is 13.8 Å². The number of rotatable bonds is 5. The van der Waals surface area contributed by atoms with Crippen LogP contribution >= 0.6 is 0 Å². The van der Waals surface area contributed by atoms with E-state index in [0.29, 0.717) is 24.0 Å². The standard InChI is InChI=1S/C15H28N4/c1-11(2)17-8-13-6-7-18(5)15(13)14-9-16-10-19(14)12(3)4/h9-13,15,17H,6-8H2,1-5H3. The second-order valence-electron chi connectivity index (χ2n) is 6.36. The zero-order valence-electron chi connectivity index (χ0n) is 12.9. The lowest BCUT2D eigenvalue weighted by Crippen LogP contribution is -2.33. The normalized spacial score (nSPS) is 24.8. The molecule has 2 heterocycles. The predicted molar refractivity (Wildman–Crippen MR) is 79.2 cm³/mol. The average Bonchev–Trinajstić information content (AvgIpc) is 2.92. The minimum Gasteiger partial charge on any atom is -0.331 e. The van der Waals surface area contributed by atoms with Gasteiger partial charge in [0.15, 0.2) is 0 Å². The highest BCUT2D eigenvalue weighted by molar-refractivity contribution is 5.11. The summed E-state index contributed by atoms with van der Waals surface area (Å²) in [6.07, 6.45) is 5.29. The number of nitrogens with one attached hydrogen (secondary N) is 1. The summed E-state index contributed by atoms with van der Waals surface area (Å²) in [5, 5.41) is 3.59. The summed E-state index contributed by atoms with van der Waals surface area (Å²) in [6.45, 7) is 11.1. The molecule has 1 aliphatic heterocycles. The Morgan fingerprint density at radius 1 is 1.37 bits per heavy atom. The Kier molecular flexibility index (Phi) is 4.63. The highest BCUT2D eigenvalue weighted by Crippen LogP contribution is 2.36. The zero-order chi connectivity index (χ0) is 14.0. The van der Waals surface area contributed by atoms with E-state index in [2.05, 4.69) is 60.7 Å². The summed E-state index contributed by atoms with van der Waals surface area (Å²) >= 11 is 0. The van der Waals surface area contributed by atoms with Crippen LogP contribution in [-0.2, 0) is 0 Å². The topological polar surface area (TPSA) is 33.1 Å². The van der Waals surface area contributed by atoms with Crippen LogP contribution in [0.3, 0.4) is 0 Å². The highest BCUT2D eigenvalue weighted by Gasteiger charge is 2.35. The van der Waals surface area contributed by atoms with Crippen molar-refractivity contribution in [2.45, 2.75) is 52.2 Å². The van der Waals surface area contributed by atoms with E-state index in [1.165, 1.54) is 18.7 Å². The summed E-state index contributed by atoms with van der Waals surface area (Å²) in [5.41, 5.74) is 1.37. The van der Waals surface area contributed by atoms with Crippen LogP contribution in [0.5, 0.6) is 0 Å². The van der Waals surface area contributed by atoms with Gasteiger partial charge in [0.25, 0.3) is 0 Å². The molecular formula is C15H28N4. The molecule has 2 rings (SSSR count). The summed E-state index contributed by atoms with van der Waals surface area (Å²) < 4.78 is 2.31. The number of nitrogens with zero attached hydrogens (tertiary/aromatic N) is 3. The molecule has 1 fully saturated rings. The Balaban J connectivity index is 2.16. The SMILES string of the molecule is CC(C)NCC1CCN(C)C1c1cncn1C(C)C. The Morgan fingerprint density at radius 3 is 2.74 bits per heavy atom. The third-order valence-corrected chi connectivity index (χ3v) is 4.12.